The van der Waals surface area contributed by atoms with Gasteiger partial charge < -0.3 is 5.32 Å². The Morgan fingerprint density at radius 2 is 2.00 bits per heavy atom. The van der Waals surface area contributed by atoms with Gasteiger partial charge in [-0.25, -0.2) is 0 Å². The van der Waals surface area contributed by atoms with E-state index in [0.717, 1.165) is 18.0 Å². The van der Waals surface area contributed by atoms with Crippen LogP contribution in [0.3, 0.4) is 0 Å². The van der Waals surface area contributed by atoms with E-state index in [0.29, 0.717) is 0 Å². The SMILES string of the molecule is CC.S=C1CCCCN1. The standard InChI is InChI=1S/C5H9NS.C2H6/c7-5-3-1-2-4-6-5;1-2/h1-4H2,(H,6,7);1-2H3. The number of rotatable bonds is 0. The third kappa shape index (κ3) is 4.40. The zero-order valence-corrected chi connectivity index (χ0v) is 7.05. The van der Waals surface area contributed by atoms with Crippen molar-refractivity contribution in [3.05, 3.63) is 0 Å². The van der Waals surface area contributed by atoms with Crippen molar-refractivity contribution in [1.82, 2.24) is 5.32 Å². The van der Waals surface area contributed by atoms with Crippen LogP contribution in [-0.4, -0.2) is 11.5 Å². The number of hydrogen-bond acceptors (Lipinski definition) is 1. The van der Waals surface area contributed by atoms with Gasteiger partial charge in [0.1, 0.15) is 0 Å². The van der Waals surface area contributed by atoms with E-state index in [4.69, 9.17) is 12.2 Å². The molecule has 1 aliphatic heterocycles. The molecule has 0 unspecified atom stereocenters. The maximum atomic E-state index is 4.89. The third-order valence-electron chi connectivity index (χ3n) is 1.15. The average Bonchev–Trinajstić information content (AvgIpc) is 1.94. The van der Waals surface area contributed by atoms with Gasteiger partial charge in [-0.05, 0) is 19.3 Å². The van der Waals surface area contributed by atoms with Gasteiger partial charge in [-0.2, -0.15) is 0 Å². The van der Waals surface area contributed by atoms with E-state index in [1.807, 2.05) is 13.8 Å². The Labute approximate surface area is 62.8 Å². The van der Waals surface area contributed by atoms with Crippen LogP contribution in [0.15, 0.2) is 0 Å². The summed E-state index contributed by atoms with van der Waals surface area (Å²) in [6, 6.07) is 0. The zero-order valence-electron chi connectivity index (χ0n) is 6.24. The second-order valence-electron chi connectivity index (χ2n) is 1.81. The normalized spacial score (nSPS) is 17.3. The predicted molar refractivity (Wildman–Crippen MR) is 45.8 cm³/mol. The maximum absolute atomic E-state index is 4.89. The Hall–Kier alpha value is -0.110. The van der Waals surface area contributed by atoms with Crippen LogP contribution in [-0.2, 0) is 0 Å². The molecule has 0 saturated carbocycles. The average molecular weight is 145 g/mol. The highest BCUT2D eigenvalue weighted by Crippen LogP contribution is 2.00. The van der Waals surface area contributed by atoms with E-state index in [9.17, 15) is 0 Å². The minimum Gasteiger partial charge on any atom is -0.380 e. The molecule has 0 aromatic rings. The van der Waals surface area contributed by atoms with E-state index < -0.39 is 0 Å². The zero-order chi connectivity index (χ0) is 7.11. The van der Waals surface area contributed by atoms with Gasteiger partial charge >= 0.3 is 0 Å². The molecule has 0 radical (unpaired) electrons. The molecule has 1 fully saturated rings. The highest BCUT2D eigenvalue weighted by molar-refractivity contribution is 7.80. The summed E-state index contributed by atoms with van der Waals surface area (Å²) in [4.78, 5) is 1.05. The molecular weight excluding hydrogens is 130 g/mol. The van der Waals surface area contributed by atoms with Crippen molar-refractivity contribution in [2.24, 2.45) is 0 Å². The first-order valence-corrected chi connectivity index (χ1v) is 4.07. The molecule has 1 rings (SSSR count). The molecule has 0 amide bonds. The Morgan fingerprint density at radius 3 is 2.22 bits per heavy atom. The predicted octanol–water partition coefficient (Wildman–Crippen LogP) is 2.11. The molecule has 1 nitrogen and oxygen atoms in total. The van der Waals surface area contributed by atoms with E-state index in [-0.39, 0.29) is 0 Å². The summed E-state index contributed by atoms with van der Waals surface area (Å²) < 4.78 is 0. The van der Waals surface area contributed by atoms with Crippen molar-refractivity contribution in [3.63, 3.8) is 0 Å². The van der Waals surface area contributed by atoms with Crippen LogP contribution in [0, 0.1) is 0 Å². The van der Waals surface area contributed by atoms with Gasteiger partial charge in [0.05, 0.1) is 4.99 Å². The molecule has 0 aromatic carbocycles. The van der Waals surface area contributed by atoms with Gasteiger partial charge in [-0.15, -0.1) is 0 Å². The number of thiocarbonyl (C=S) groups is 1. The summed E-state index contributed by atoms with van der Waals surface area (Å²) >= 11 is 4.89. The molecule has 1 N–H and O–H groups in total. The van der Waals surface area contributed by atoms with Crippen LogP contribution in [0.2, 0.25) is 0 Å². The molecule has 9 heavy (non-hydrogen) atoms. The molecule has 2 heteroatoms. The largest absolute Gasteiger partial charge is 0.380 e. The number of hydrogen-bond donors (Lipinski definition) is 1. The first kappa shape index (κ1) is 8.89. The summed E-state index contributed by atoms with van der Waals surface area (Å²) in [5.74, 6) is 0. The summed E-state index contributed by atoms with van der Waals surface area (Å²) in [7, 11) is 0. The van der Waals surface area contributed by atoms with Crippen molar-refractivity contribution in [2.45, 2.75) is 33.1 Å². The summed E-state index contributed by atoms with van der Waals surface area (Å²) in [6.07, 6.45) is 3.68. The summed E-state index contributed by atoms with van der Waals surface area (Å²) in [5, 5.41) is 3.11. The Kier molecular flexibility index (Phi) is 5.94. The van der Waals surface area contributed by atoms with Crippen LogP contribution < -0.4 is 5.32 Å². The Bertz CT molecular complexity index is 73.0. The lowest BCUT2D eigenvalue weighted by atomic mass is 10.2. The summed E-state index contributed by atoms with van der Waals surface area (Å²) in [5.41, 5.74) is 0. The Balaban J connectivity index is 0.000000291. The molecule has 0 aromatic heterocycles. The molecule has 54 valence electrons. The molecule has 0 bridgehead atoms. The second-order valence-corrected chi connectivity index (χ2v) is 2.30. The van der Waals surface area contributed by atoms with Gasteiger partial charge in [0.2, 0.25) is 0 Å². The Morgan fingerprint density at radius 1 is 1.33 bits per heavy atom. The van der Waals surface area contributed by atoms with Gasteiger partial charge in [-0.1, -0.05) is 26.1 Å². The van der Waals surface area contributed by atoms with Gasteiger partial charge in [-0.3, -0.25) is 0 Å². The lowest BCUT2D eigenvalue weighted by molar-refractivity contribution is 0.679. The minimum absolute atomic E-state index is 1.05. The lowest BCUT2D eigenvalue weighted by Gasteiger charge is -2.12. The first-order chi connectivity index (χ1) is 4.39. The molecule has 0 atom stereocenters. The van der Waals surface area contributed by atoms with E-state index >= 15 is 0 Å². The van der Waals surface area contributed by atoms with Crippen LogP contribution in [0.1, 0.15) is 33.1 Å². The highest BCUT2D eigenvalue weighted by atomic mass is 32.1. The van der Waals surface area contributed by atoms with Crippen molar-refractivity contribution in [2.75, 3.05) is 6.54 Å². The maximum Gasteiger partial charge on any atom is 0.0753 e. The van der Waals surface area contributed by atoms with Gasteiger partial charge in [0.25, 0.3) is 0 Å². The van der Waals surface area contributed by atoms with Crippen molar-refractivity contribution in [3.8, 4) is 0 Å². The second kappa shape index (κ2) is 6.02. The van der Waals surface area contributed by atoms with Crippen molar-refractivity contribution < 1.29 is 0 Å². The fourth-order valence-corrected chi connectivity index (χ4v) is 0.973. The van der Waals surface area contributed by atoms with Crippen LogP contribution in [0.5, 0.6) is 0 Å². The van der Waals surface area contributed by atoms with Gasteiger partial charge in [0.15, 0.2) is 0 Å². The molecule has 1 heterocycles. The molecule has 0 aliphatic carbocycles. The number of piperidine rings is 1. The van der Waals surface area contributed by atoms with Crippen molar-refractivity contribution in [1.29, 1.82) is 0 Å². The van der Waals surface area contributed by atoms with Crippen LogP contribution >= 0.6 is 12.2 Å². The summed E-state index contributed by atoms with van der Waals surface area (Å²) in [6.45, 7) is 5.10. The fraction of sp³-hybridized carbons (Fsp3) is 0.857. The van der Waals surface area contributed by atoms with Crippen molar-refractivity contribution >= 4 is 17.2 Å². The van der Waals surface area contributed by atoms with E-state index in [1.165, 1.54) is 12.8 Å². The van der Waals surface area contributed by atoms with Crippen LogP contribution in [0.4, 0.5) is 0 Å². The monoisotopic (exact) mass is 145 g/mol. The molecule has 1 saturated heterocycles. The number of nitrogens with one attached hydrogen (secondary N) is 1. The molecule has 1 aliphatic rings. The quantitative estimate of drug-likeness (QED) is 0.524. The van der Waals surface area contributed by atoms with Crippen LogP contribution in [0.25, 0.3) is 0 Å². The third-order valence-corrected chi connectivity index (χ3v) is 1.50. The minimum atomic E-state index is 1.05. The molecule has 0 spiro atoms. The topological polar surface area (TPSA) is 12.0 Å². The smallest absolute Gasteiger partial charge is 0.0753 e. The van der Waals surface area contributed by atoms with E-state index in [2.05, 4.69) is 5.32 Å². The fourth-order valence-electron chi connectivity index (χ4n) is 0.727. The lowest BCUT2D eigenvalue weighted by Crippen LogP contribution is -2.26. The molecular formula is C7H15NS. The first-order valence-electron chi connectivity index (χ1n) is 3.66. The van der Waals surface area contributed by atoms with E-state index in [1.54, 1.807) is 0 Å². The van der Waals surface area contributed by atoms with Gasteiger partial charge in [0, 0.05) is 6.54 Å². The highest BCUT2D eigenvalue weighted by Gasteiger charge is 2.00.